The van der Waals surface area contributed by atoms with Crippen molar-refractivity contribution in [2.75, 3.05) is 6.54 Å². The van der Waals surface area contributed by atoms with Gasteiger partial charge in [-0.15, -0.1) is 4.99 Å². The van der Waals surface area contributed by atoms with E-state index in [4.69, 9.17) is 14.6 Å². The minimum absolute atomic E-state index is 0.00226. The number of alkyl carbamates (subject to hydrolysis) is 1. The first kappa shape index (κ1) is 25.2. The van der Waals surface area contributed by atoms with E-state index in [1.165, 1.54) is 0 Å². The molecule has 1 saturated heterocycles. The zero-order chi connectivity index (χ0) is 25.0. The normalized spacial score (nSPS) is 16.9. The van der Waals surface area contributed by atoms with Gasteiger partial charge in [0.05, 0.1) is 5.92 Å². The zero-order valence-corrected chi connectivity index (χ0v) is 18.8. The number of nitrogens with one attached hydrogen (secondary N) is 3. The van der Waals surface area contributed by atoms with Gasteiger partial charge in [0.2, 0.25) is 11.9 Å². The summed E-state index contributed by atoms with van der Waals surface area (Å²) in [6.07, 6.45) is -1.06. The van der Waals surface area contributed by atoms with Gasteiger partial charge in [-0.25, -0.2) is 14.4 Å². The summed E-state index contributed by atoms with van der Waals surface area (Å²) in [6, 6.07) is 17.2. The summed E-state index contributed by atoms with van der Waals surface area (Å²) in [5, 5.41) is 16.6. The van der Waals surface area contributed by atoms with Gasteiger partial charge in [0, 0.05) is 6.54 Å². The number of hydrogen-bond acceptors (Lipinski definition) is 6. The molecule has 0 bridgehead atoms. The number of hydrogen-bond donors (Lipinski definition) is 4. The number of aliphatic imine (C=N–C) groups is 1. The monoisotopic (exact) mass is 482 g/mol. The maximum Gasteiger partial charge on any atom is 0.437 e. The van der Waals surface area contributed by atoms with Crippen LogP contribution < -0.4 is 16.0 Å². The Morgan fingerprint density at radius 3 is 2.11 bits per heavy atom. The molecule has 3 rings (SSSR count). The van der Waals surface area contributed by atoms with E-state index in [9.17, 15) is 19.2 Å². The van der Waals surface area contributed by atoms with Gasteiger partial charge >= 0.3 is 18.2 Å². The molecule has 0 aromatic heterocycles. The van der Waals surface area contributed by atoms with Crippen LogP contribution in [0.3, 0.4) is 0 Å². The van der Waals surface area contributed by atoms with Gasteiger partial charge in [-0.1, -0.05) is 60.7 Å². The molecule has 4 N–H and O–H groups in total. The first-order valence-electron chi connectivity index (χ1n) is 11.0. The number of ether oxygens (including phenoxy) is 2. The van der Waals surface area contributed by atoms with Crippen molar-refractivity contribution in [2.45, 2.75) is 32.1 Å². The number of amides is 3. The van der Waals surface area contributed by atoms with Crippen molar-refractivity contribution in [3.05, 3.63) is 71.8 Å². The van der Waals surface area contributed by atoms with Crippen molar-refractivity contribution in [1.82, 2.24) is 16.0 Å². The highest BCUT2D eigenvalue weighted by atomic mass is 16.6. The topological polar surface area (TPSA) is 155 Å². The Balaban J connectivity index is 1.53. The Morgan fingerprint density at radius 2 is 1.54 bits per heavy atom. The molecule has 11 heteroatoms. The van der Waals surface area contributed by atoms with Gasteiger partial charge in [0.25, 0.3) is 0 Å². The van der Waals surface area contributed by atoms with Crippen LogP contribution in [0.1, 0.15) is 24.0 Å². The number of aliphatic carboxylic acids is 1. The summed E-state index contributed by atoms with van der Waals surface area (Å²) in [5.41, 5.74) is 1.55. The fraction of sp³-hybridized carbons (Fsp3) is 0.292. The second-order valence-corrected chi connectivity index (χ2v) is 7.69. The van der Waals surface area contributed by atoms with Crippen molar-refractivity contribution >= 4 is 30.0 Å². The van der Waals surface area contributed by atoms with E-state index in [-0.39, 0.29) is 31.6 Å². The SMILES string of the molecule is O=C(/N=C(\NCCC[C@H]1C(=O)N[C@H]1C(=O)O)NC(=O)OCc1ccccc1)OCc1ccccc1. The van der Waals surface area contributed by atoms with E-state index in [1.807, 2.05) is 24.3 Å². The lowest BCUT2D eigenvalue weighted by molar-refractivity contribution is -0.153. The maximum absolute atomic E-state index is 12.2. The Kier molecular flexibility index (Phi) is 9.17. The third-order valence-electron chi connectivity index (χ3n) is 5.13. The molecule has 1 heterocycles. The lowest BCUT2D eigenvalue weighted by Gasteiger charge is -2.33. The summed E-state index contributed by atoms with van der Waals surface area (Å²) < 4.78 is 10.3. The van der Waals surface area contributed by atoms with Crippen LogP contribution in [0.5, 0.6) is 0 Å². The van der Waals surface area contributed by atoms with Crippen LogP contribution in [0.25, 0.3) is 0 Å². The van der Waals surface area contributed by atoms with E-state index in [0.717, 1.165) is 11.1 Å². The average Bonchev–Trinajstić information content (AvgIpc) is 2.85. The van der Waals surface area contributed by atoms with Gasteiger partial charge < -0.3 is 25.2 Å². The smallest absolute Gasteiger partial charge is 0.437 e. The fourth-order valence-electron chi connectivity index (χ4n) is 3.29. The summed E-state index contributed by atoms with van der Waals surface area (Å²) in [4.78, 5) is 50.8. The second-order valence-electron chi connectivity index (χ2n) is 7.69. The van der Waals surface area contributed by atoms with Crippen LogP contribution in [-0.4, -0.2) is 47.7 Å². The summed E-state index contributed by atoms with van der Waals surface area (Å²) in [6.45, 7) is 0.230. The molecule has 0 unspecified atom stereocenters. The fourth-order valence-corrected chi connectivity index (χ4v) is 3.29. The summed E-state index contributed by atoms with van der Waals surface area (Å²) in [5.74, 6) is -2.23. The van der Waals surface area contributed by atoms with Crippen molar-refractivity contribution in [3.63, 3.8) is 0 Å². The number of carbonyl (C=O) groups is 4. The summed E-state index contributed by atoms with van der Waals surface area (Å²) in [7, 11) is 0. The molecule has 1 aliphatic heterocycles. The summed E-state index contributed by atoms with van der Waals surface area (Å²) >= 11 is 0. The largest absolute Gasteiger partial charge is 0.480 e. The number of rotatable bonds is 9. The zero-order valence-electron chi connectivity index (χ0n) is 18.8. The second kappa shape index (κ2) is 12.7. The van der Waals surface area contributed by atoms with Crippen molar-refractivity contribution in [1.29, 1.82) is 0 Å². The molecule has 1 aliphatic rings. The van der Waals surface area contributed by atoms with Gasteiger partial charge in [-0.2, -0.15) is 0 Å². The van der Waals surface area contributed by atoms with E-state index >= 15 is 0 Å². The van der Waals surface area contributed by atoms with E-state index in [1.54, 1.807) is 36.4 Å². The van der Waals surface area contributed by atoms with Gasteiger partial charge in [-0.05, 0) is 24.0 Å². The van der Waals surface area contributed by atoms with Gasteiger partial charge in [0.1, 0.15) is 19.3 Å². The Hall–Kier alpha value is -4.41. The number of nitrogens with zero attached hydrogens (tertiary/aromatic N) is 1. The van der Waals surface area contributed by atoms with Crippen molar-refractivity contribution in [2.24, 2.45) is 10.9 Å². The molecule has 2 aromatic rings. The van der Waals surface area contributed by atoms with Gasteiger partial charge in [0.15, 0.2) is 0 Å². The highest BCUT2D eigenvalue weighted by Crippen LogP contribution is 2.20. The van der Waals surface area contributed by atoms with Crippen LogP contribution in [0.2, 0.25) is 0 Å². The molecule has 0 saturated carbocycles. The van der Waals surface area contributed by atoms with Crippen LogP contribution in [0.15, 0.2) is 65.7 Å². The molecule has 3 amide bonds. The molecular weight excluding hydrogens is 456 g/mol. The standard InChI is InChI=1S/C24H26N4O7/c29-20-18(19(26-20)21(30)31)12-7-13-25-22(27-23(32)34-14-16-8-3-1-4-9-16)28-24(33)35-15-17-10-5-2-6-11-17/h1-6,8-11,18-19H,7,12-15H2,(H,26,29)(H,30,31)(H2,25,27,28,32,33)/t18-,19-/m1/s1. The van der Waals surface area contributed by atoms with Crippen LogP contribution in [0.4, 0.5) is 9.59 Å². The number of carboxylic acids is 1. The predicted molar refractivity (Wildman–Crippen MR) is 124 cm³/mol. The number of β-lactam (4-membered cyclic amide) rings is 1. The van der Waals surface area contributed by atoms with Crippen LogP contribution in [-0.2, 0) is 32.3 Å². The molecular formula is C24H26N4O7. The minimum Gasteiger partial charge on any atom is -0.480 e. The molecule has 35 heavy (non-hydrogen) atoms. The average molecular weight is 482 g/mol. The highest BCUT2D eigenvalue weighted by molar-refractivity contribution is 5.99. The van der Waals surface area contributed by atoms with Crippen LogP contribution >= 0.6 is 0 Å². The third kappa shape index (κ3) is 8.14. The number of carboxylic acid groups (broad SMARTS) is 1. The van der Waals surface area contributed by atoms with Gasteiger partial charge in [-0.3, -0.25) is 10.1 Å². The van der Waals surface area contributed by atoms with E-state index < -0.39 is 30.1 Å². The molecule has 0 spiro atoms. The third-order valence-corrected chi connectivity index (χ3v) is 5.13. The van der Waals surface area contributed by atoms with Crippen molar-refractivity contribution < 1.29 is 33.8 Å². The first-order chi connectivity index (χ1) is 16.9. The highest BCUT2D eigenvalue weighted by Gasteiger charge is 2.43. The number of benzene rings is 2. The Labute approximate surface area is 201 Å². The molecule has 2 atom stereocenters. The van der Waals surface area contributed by atoms with Crippen molar-refractivity contribution in [3.8, 4) is 0 Å². The molecule has 1 fully saturated rings. The van der Waals surface area contributed by atoms with E-state index in [0.29, 0.717) is 12.8 Å². The lowest BCUT2D eigenvalue weighted by Crippen LogP contribution is -2.61. The lowest BCUT2D eigenvalue weighted by atomic mass is 9.86. The maximum atomic E-state index is 12.2. The molecule has 0 aliphatic carbocycles. The number of carbonyl (C=O) groups excluding carboxylic acids is 3. The molecule has 11 nitrogen and oxygen atoms in total. The minimum atomic E-state index is -1.09. The first-order valence-corrected chi connectivity index (χ1v) is 11.0. The Morgan fingerprint density at radius 1 is 0.943 bits per heavy atom. The molecule has 0 radical (unpaired) electrons. The quantitative estimate of drug-likeness (QED) is 0.183. The van der Waals surface area contributed by atoms with E-state index in [2.05, 4.69) is 20.9 Å². The molecule has 184 valence electrons. The van der Waals surface area contributed by atoms with Crippen LogP contribution in [0, 0.1) is 5.92 Å². The molecule has 2 aromatic carbocycles. The Bertz CT molecular complexity index is 1060. The number of guanidine groups is 1. The predicted octanol–water partition coefficient (Wildman–Crippen LogP) is 2.17.